The van der Waals surface area contributed by atoms with Gasteiger partial charge in [-0.25, -0.2) is 4.79 Å². The van der Waals surface area contributed by atoms with Crippen LogP contribution in [0.15, 0.2) is 40.9 Å². The first-order chi connectivity index (χ1) is 11.0. The zero-order valence-corrected chi connectivity index (χ0v) is 15.2. The molecule has 5 heteroatoms. The SMILES string of the molecule is Cc1cc(Br)ccc1NC(=O)NCCOc1cccc(C)c1C. The van der Waals surface area contributed by atoms with Crippen molar-refractivity contribution in [1.82, 2.24) is 5.32 Å². The first kappa shape index (κ1) is 17.3. The summed E-state index contributed by atoms with van der Waals surface area (Å²) in [5, 5.41) is 5.62. The van der Waals surface area contributed by atoms with Crippen LogP contribution in [0, 0.1) is 20.8 Å². The predicted octanol–water partition coefficient (Wildman–Crippen LogP) is 4.57. The number of urea groups is 1. The summed E-state index contributed by atoms with van der Waals surface area (Å²) in [7, 11) is 0. The van der Waals surface area contributed by atoms with E-state index in [-0.39, 0.29) is 6.03 Å². The summed E-state index contributed by atoms with van der Waals surface area (Å²) < 4.78 is 6.70. The van der Waals surface area contributed by atoms with Crippen LogP contribution in [0.4, 0.5) is 10.5 Å². The number of carbonyl (C=O) groups is 1. The third-order valence-electron chi connectivity index (χ3n) is 3.64. The monoisotopic (exact) mass is 376 g/mol. The number of halogens is 1. The predicted molar refractivity (Wildman–Crippen MR) is 97.3 cm³/mol. The molecule has 0 aromatic heterocycles. The largest absolute Gasteiger partial charge is 0.491 e. The average molecular weight is 377 g/mol. The number of hydrogen-bond donors (Lipinski definition) is 2. The van der Waals surface area contributed by atoms with Crippen molar-refractivity contribution < 1.29 is 9.53 Å². The van der Waals surface area contributed by atoms with Crippen molar-refractivity contribution >= 4 is 27.6 Å². The van der Waals surface area contributed by atoms with Crippen LogP contribution >= 0.6 is 15.9 Å². The molecule has 2 rings (SSSR count). The van der Waals surface area contributed by atoms with Crippen LogP contribution in [0.1, 0.15) is 16.7 Å². The third-order valence-corrected chi connectivity index (χ3v) is 4.13. The summed E-state index contributed by atoms with van der Waals surface area (Å²) in [5.74, 6) is 0.857. The van der Waals surface area contributed by atoms with E-state index in [0.29, 0.717) is 13.2 Å². The minimum Gasteiger partial charge on any atom is -0.491 e. The number of nitrogens with one attached hydrogen (secondary N) is 2. The second-order valence-electron chi connectivity index (χ2n) is 5.39. The molecule has 0 bridgehead atoms. The smallest absolute Gasteiger partial charge is 0.319 e. The molecule has 2 aromatic rings. The highest BCUT2D eigenvalue weighted by molar-refractivity contribution is 9.10. The third kappa shape index (κ3) is 4.99. The Morgan fingerprint density at radius 2 is 1.91 bits per heavy atom. The molecule has 0 spiro atoms. The molecule has 2 N–H and O–H groups in total. The van der Waals surface area contributed by atoms with Crippen LogP contribution in [-0.4, -0.2) is 19.2 Å². The van der Waals surface area contributed by atoms with Crippen molar-refractivity contribution in [2.45, 2.75) is 20.8 Å². The Kier molecular flexibility index (Phi) is 6.04. The van der Waals surface area contributed by atoms with E-state index in [0.717, 1.165) is 27.0 Å². The van der Waals surface area contributed by atoms with Gasteiger partial charge in [0, 0.05) is 10.2 Å². The zero-order chi connectivity index (χ0) is 16.8. The molecule has 0 radical (unpaired) electrons. The van der Waals surface area contributed by atoms with Crippen LogP contribution in [0.25, 0.3) is 0 Å². The van der Waals surface area contributed by atoms with Crippen LogP contribution in [0.3, 0.4) is 0 Å². The maximum absolute atomic E-state index is 11.9. The second-order valence-corrected chi connectivity index (χ2v) is 6.30. The van der Waals surface area contributed by atoms with Crippen molar-refractivity contribution in [3.63, 3.8) is 0 Å². The first-order valence-electron chi connectivity index (χ1n) is 7.47. The summed E-state index contributed by atoms with van der Waals surface area (Å²) in [6.45, 7) is 6.89. The average Bonchev–Trinajstić information content (AvgIpc) is 2.50. The standard InChI is InChI=1S/C18H21BrN2O2/c1-12-5-4-6-17(14(12)3)23-10-9-20-18(22)21-16-8-7-15(19)11-13(16)2/h4-8,11H,9-10H2,1-3H3,(H2,20,21,22). The Labute approximate surface area is 145 Å². The van der Waals surface area contributed by atoms with Crippen molar-refractivity contribution in [2.24, 2.45) is 0 Å². The molecular formula is C18H21BrN2O2. The number of anilines is 1. The Hall–Kier alpha value is -2.01. The van der Waals surface area contributed by atoms with E-state index in [2.05, 4.69) is 39.6 Å². The van der Waals surface area contributed by atoms with Gasteiger partial charge >= 0.3 is 6.03 Å². The van der Waals surface area contributed by atoms with Crippen LogP contribution in [0.5, 0.6) is 5.75 Å². The Bertz CT molecular complexity index is 701. The Balaban J connectivity index is 1.78. The van der Waals surface area contributed by atoms with Gasteiger partial charge in [-0.3, -0.25) is 0 Å². The van der Waals surface area contributed by atoms with Gasteiger partial charge in [-0.2, -0.15) is 0 Å². The fourth-order valence-corrected chi connectivity index (χ4v) is 2.62. The van der Waals surface area contributed by atoms with Crippen molar-refractivity contribution in [3.8, 4) is 5.75 Å². The number of amides is 2. The molecule has 0 heterocycles. The van der Waals surface area contributed by atoms with Crippen LogP contribution in [-0.2, 0) is 0 Å². The van der Waals surface area contributed by atoms with Gasteiger partial charge in [0.15, 0.2) is 0 Å². The van der Waals surface area contributed by atoms with E-state index < -0.39 is 0 Å². The summed E-state index contributed by atoms with van der Waals surface area (Å²) >= 11 is 3.40. The van der Waals surface area contributed by atoms with E-state index in [1.165, 1.54) is 5.56 Å². The highest BCUT2D eigenvalue weighted by Gasteiger charge is 2.05. The molecule has 0 saturated heterocycles. The van der Waals surface area contributed by atoms with Crippen LogP contribution < -0.4 is 15.4 Å². The fourth-order valence-electron chi connectivity index (χ4n) is 2.14. The van der Waals surface area contributed by atoms with Crippen LogP contribution in [0.2, 0.25) is 0 Å². The number of rotatable bonds is 5. The number of hydrogen-bond acceptors (Lipinski definition) is 2. The van der Waals surface area contributed by atoms with Crippen molar-refractivity contribution in [3.05, 3.63) is 57.6 Å². The molecule has 0 aliphatic carbocycles. The minimum atomic E-state index is -0.236. The Morgan fingerprint density at radius 1 is 1.13 bits per heavy atom. The lowest BCUT2D eigenvalue weighted by Gasteiger charge is -2.12. The highest BCUT2D eigenvalue weighted by atomic mass is 79.9. The zero-order valence-electron chi connectivity index (χ0n) is 13.6. The minimum absolute atomic E-state index is 0.236. The molecule has 0 fully saturated rings. The number of ether oxygens (including phenoxy) is 1. The van der Waals surface area contributed by atoms with E-state index >= 15 is 0 Å². The lowest BCUT2D eigenvalue weighted by molar-refractivity contribution is 0.247. The van der Waals surface area contributed by atoms with Gasteiger partial charge in [0.05, 0.1) is 6.54 Å². The van der Waals surface area contributed by atoms with E-state index in [4.69, 9.17) is 4.74 Å². The van der Waals surface area contributed by atoms with Crippen molar-refractivity contribution in [1.29, 1.82) is 0 Å². The van der Waals surface area contributed by atoms with E-state index in [1.807, 2.05) is 44.2 Å². The second kappa shape index (κ2) is 8.02. The quantitative estimate of drug-likeness (QED) is 0.750. The van der Waals surface area contributed by atoms with Gasteiger partial charge in [-0.1, -0.05) is 28.1 Å². The van der Waals surface area contributed by atoms with Gasteiger partial charge in [0.2, 0.25) is 0 Å². The normalized spacial score (nSPS) is 10.3. The lowest BCUT2D eigenvalue weighted by Crippen LogP contribution is -2.32. The number of benzene rings is 2. The van der Waals surface area contributed by atoms with Gasteiger partial charge in [-0.05, 0) is 61.7 Å². The maximum Gasteiger partial charge on any atom is 0.319 e. The fraction of sp³-hybridized carbons (Fsp3) is 0.278. The van der Waals surface area contributed by atoms with E-state index in [1.54, 1.807) is 0 Å². The molecule has 122 valence electrons. The summed E-state index contributed by atoms with van der Waals surface area (Å²) in [4.78, 5) is 11.9. The Morgan fingerprint density at radius 3 is 2.65 bits per heavy atom. The van der Waals surface area contributed by atoms with Gasteiger partial charge in [-0.15, -0.1) is 0 Å². The molecule has 0 atom stereocenters. The number of carbonyl (C=O) groups excluding carboxylic acids is 1. The molecular weight excluding hydrogens is 356 g/mol. The van der Waals surface area contributed by atoms with Crippen molar-refractivity contribution in [2.75, 3.05) is 18.5 Å². The van der Waals surface area contributed by atoms with Gasteiger partial charge in [0.1, 0.15) is 12.4 Å². The summed E-state index contributed by atoms with van der Waals surface area (Å²) in [6.07, 6.45) is 0. The molecule has 2 aromatic carbocycles. The molecule has 23 heavy (non-hydrogen) atoms. The molecule has 4 nitrogen and oxygen atoms in total. The van der Waals surface area contributed by atoms with Gasteiger partial charge < -0.3 is 15.4 Å². The molecule has 0 saturated carbocycles. The topological polar surface area (TPSA) is 50.4 Å². The summed E-state index contributed by atoms with van der Waals surface area (Å²) in [5.41, 5.74) is 4.11. The molecule has 2 amide bonds. The molecule has 0 unspecified atom stereocenters. The highest BCUT2D eigenvalue weighted by Crippen LogP contribution is 2.21. The molecule has 0 aliphatic rings. The van der Waals surface area contributed by atoms with Gasteiger partial charge in [0.25, 0.3) is 0 Å². The maximum atomic E-state index is 11.9. The summed E-state index contributed by atoms with van der Waals surface area (Å²) in [6, 6.07) is 11.4. The first-order valence-corrected chi connectivity index (χ1v) is 8.26. The molecule has 0 aliphatic heterocycles. The number of aryl methyl sites for hydroxylation is 2. The lowest BCUT2D eigenvalue weighted by atomic mass is 10.1. The van der Waals surface area contributed by atoms with E-state index in [9.17, 15) is 4.79 Å².